The van der Waals surface area contributed by atoms with Crippen LogP contribution in [0.25, 0.3) is 11.0 Å². The quantitative estimate of drug-likeness (QED) is 0.787. The molecule has 0 fully saturated rings. The van der Waals surface area contributed by atoms with Crippen molar-refractivity contribution in [2.45, 2.75) is 24.7 Å². The minimum atomic E-state index is -1.23. The van der Waals surface area contributed by atoms with Gasteiger partial charge in [-0.05, 0) is 11.6 Å². The smallest absolute Gasteiger partial charge is 0.347 e. The minimum Gasteiger partial charge on any atom is -0.496 e. The number of ketones is 1. The van der Waals surface area contributed by atoms with Crippen molar-refractivity contribution >= 4 is 16.8 Å². The van der Waals surface area contributed by atoms with Crippen molar-refractivity contribution < 1.29 is 28.5 Å². The molecule has 1 aromatic carbocycles. The van der Waals surface area contributed by atoms with Gasteiger partial charge in [0.25, 0.3) is 6.29 Å². The van der Waals surface area contributed by atoms with Crippen LogP contribution in [0.15, 0.2) is 27.6 Å². The van der Waals surface area contributed by atoms with Crippen molar-refractivity contribution in [3.05, 3.63) is 45.5 Å². The van der Waals surface area contributed by atoms with Gasteiger partial charge in [-0.2, -0.15) is 0 Å². The lowest BCUT2D eigenvalue weighted by atomic mass is 9.95. The number of rotatable bonds is 1. The normalized spacial score (nSPS) is 26.1. The number of hydrogen-bond acceptors (Lipinski definition) is 7. The Morgan fingerprint density at radius 2 is 2.17 bits per heavy atom. The van der Waals surface area contributed by atoms with E-state index in [9.17, 15) is 14.7 Å². The lowest BCUT2D eigenvalue weighted by Crippen LogP contribution is -2.19. The third-order valence-corrected chi connectivity index (χ3v) is 4.78. The first-order valence-corrected chi connectivity index (χ1v) is 7.51. The number of fused-ring (bicyclic) bond motifs is 7. The van der Waals surface area contributed by atoms with Gasteiger partial charge in [-0.1, -0.05) is 0 Å². The van der Waals surface area contributed by atoms with Crippen molar-refractivity contribution in [3.63, 3.8) is 0 Å². The second-order valence-corrected chi connectivity index (χ2v) is 6.00. The molecule has 0 saturated carbocycles. The van der Waals surface area contributed by atoms with E-state index >= 15 is 0 Å². The summed E-state index contributed by atoms with van der Waals surface area (Å²) in [5, 5.41) is 10.4. The van der Waals surface area contributed by atoms with Gasteiger partial charge in [-0.3, -0.25) is 4.79 Å². The summed E-state index contributed by atoms with van der Waals surface area (Å²) in [7, 11) is 1.48. The molecule has 1 N–H and O–H groups in total. The van der Waals surface area contributed by atoms with E-state index in [1.807, 2.05) is 6.08 Å². The van der Waals surface area contributed by atoms with Gasteiger partial charge in [-0.25, -0.2) is 4.79 Å². The molecule has 3 atom stereocenters. The number of methoxy groups -OCH3 is 1. The molecule has 0 amide bonds. The van der Waals surface area contributed by atoms with E-state index in [0.29, 0.717) is 33.6 Å². The van der Waals surface area contributed by atoms with Crippen LogP contribution in [0.4, 0.5) is 0 Å². The van der Waals surface area contributed by atoms with Crippen LogP contribution < -0.4 is 15.1 Å². The van der Waals surface area contributed by atoms with Crippen molar-refractivity contribution in [1.29, 1.82) is 0 Å². The molecular formula is C17H12O7. The predicted octanol–water partition coefficient (Wildman–Crippen LogP) is 1.25. The number of hydrogen-bond donors (Lipinski definition) is 1. The Morgan fingerprint density at radius 3 is 2.96 bits per heavy atom. The van der Waals surface area contributed by atoms with Gasteiger partial charge in [0.2, 0.25) is 0 Å². The van der Waals surface area contributed by atoms with E-state index < -0.39 is 23.8 Å². The maximum atomic E-state index is 12.3. The van der Waals surface area contributed by atoms with Gasteiger partial charge in [0.05, 0.1) is 30.2 Å². The largest absolute Gasteiger partial charge is 0.496 e. The second kappa shape index (κ2) is 4.39. The zero-order valence-corrected chi connectivity index (χ0v) is 12.6. The molecule has 7 nitrogen and oxygen atoms in total. The first-order chi connectivity index (χ1) is 11.6. The van der Waals surface area contributed by atoms with Gasteiger partial charge >= 0.3 is 5.63 Å². The number of aliphatic hydroxyl groups is 1. The Morgan fingerprint density at radius 1 is 1.33 bits per heavy atom. The third kappa shape index (κ3) is 1.50. The monoisotopic (exact) mass is 328 g/mol. The Bertz CT molecular complexity index is 1000. The van der Waals surface area contributed by atoms with E-state index in [0.717, 1.165) is 0 Å². The molecule has 0 bridgehead atoms. The Labute approximate surface area is 135 Å². The first-order valence-electron chi connectivity index (χ1n) is 7.51. The molecule has 2 aromatic rings. The highest BCUT2D eigenvalue weighted by atomic mass is 16.7. The number of carbonyl (C=O) groups is 1. The Hall–Kier alpha value is -2.80. The molecule has 0 saturated heterocycles. The summed E-state index contributed by atoms with van der Waals surface area (Å²) in [4.78, 5) is 24.4. The molecule has 122 valence electrons. The van der Waals surface area contributed by atoms with Crippen molar-refractivity contribution in [1.82, 2.24) is 0 Å². The SMILES string of the molecule is COc1cc2c(c3oc(=O)c4c(c13)C[C@H](O)C4=O)[C@H]1C=CO[C@@H]1O2. The average Bonchev–Trinajstić information content (AvgIpc) is 3.20. The topological polar surface area (TPSA) is 95.2 Å². The van der Waals surface area contributed by atoms with Gasteiger partial charge in [0, 0.05) is 12.5 Å². The number of ether oxygens (including phenoxy) is 3. The van der Waals surface area contributed by atoms with Crippen LogP contribution in [-0.2, 0) is 11.2 Å². The van der Waals surface area contributed by atoms with E-state index in [-0.39, 0.29) is 17.9 Å². The zero-order valence-electron chi connectivity index (χ0n) is 12.6. The van der Waals surface area contributed by atoms with Crippen LogP contribution in [0.2, 0.25) is 0 Å². The van der Waals surface area contributed by atoms with Gasteiger partial charge < -0.3 is 23.7 Å². The number of benzene rings is 1. The summed E-state index contributed by atoms with van der Waals surface area (Å²) >= 11 is 0. The first kappa shape index (κ1) is 13.6. The molecule has 0 radical (unpaired) electrons. The molecule has 7 heteroatoms. The van der Waals surface area contributed by atoms with Crippen molar-refractivity contribution in [2.75, 3.05) is 7.11 Å². The summed E-state index contributed by atoms with van der Waals surface area (Å²) in [6, 6.07) is 1.70. The maximum Gasteiger partial charge on any atom is 0.347 e. The summed E-state index contributed by atoms with van der Waals surface area (Å²) in [5.74, 6) is 0.138. The standard InChI is InChI=1S/C17H12O7/c1-21-9-5-10-11(6-2-3-22-17(6)23-10)15-12(9)7-4-8(18)14(19)13(7)16(20)24-15/h2-3,5-6,8,17-18H,4H2,1H3/t6-,8+,17-/m1/s1. The molecule has 0 spiro atoms. The highest BCUT2D eigenvalue weighted by Crippen LogP contribution is 2.50. The zero-order chi connectivity index (χ0) is 16.6. The molecule has 5 rings (SSSR count). The molecule has 3 heterocycles. The predicted molar refractivity (Wildman–Crippen MR) is 80.5 cm³/mol. The van der Waals surface area contributed by atoms with Crippen LogP contribution in [0.3, 0.4) is 0 Å². The summed E-state index contributed by atoms with van der Waals surface area (Å²) in [5.41, 5.74) is 0.628. The summed E-state index contributed by atoms with van der Waals surface area (Å²) < 4.78 is 22.0. The lowest BCUT2D eigenvalue weighted by Gasteiger charge is -2.12. The average molecular weight is 328 g/mol. The van der Waals surface area contributed by atoms with Crippen molar-refractivity contribution in [3.8, 4) is 11.5 Å². The van der Waals surface area contributed by atoms with Crippen LogP contribution in [-0.4, -0.2) is 30.4 Å². The van der Waals surface area contributed by atoms with E-state index in [2.05, 4.69) is 0 Å². The summed E-state index contributed by atoms with van der Waals surface area (Å²) in [6.45, 7) is 0. The van der Waals surface area contributed by atoms with Crippen LogP contribution in [0.5, 0.6) is 11.5 Å². The highest BCUT2D eigenvalue weighted by molar-refractivity contribution is 6.08. The molecule has 1 aliphatic carbocycles. The van der Waals surface area contributed by atoms with E-state index in [4.69, 9.17) is 18.6 Å². The number of Topliss-reactive ketones (excluding diaryl/α,β-unsaturated/α-hetero) is 1. The van der Waals surface area contributed by atoms with Gasteiger partial charge in [-0.15, -0.1) is 0 Å². The van der Waals surface area contributed by atoms with Gasteiger partial charge in [0.15, 0.2) is 5.78 Å². The fraction of sp³-hybridized carbons (Fsp3) is 0.294. The fourth-order valence-electron chi connectivity index (χ4n) is 3.73. The summed E-state index contributed by atoms with van der Waals surface area (Å²) in [6.07, 6.45) is 1.71. The minimum absolute atomic E-state index is 0.0622. The van der Waals surface area contributed by atoms with Gasteiger partial charge in [0.1, 0.15) is 28.7 Å². The molecule has 2 aliphatic heterocycles. The van der Waals surface area contributed by atoms with Crippen LogP contribution in [0, 0.1) is 0 Å². The molecule has 1 aromatic heterocycles. The van der Waals surface area contributed by atoms with E-state index in [1.54, 1.807) is 12.3 Å². The number of aliphatic hydroxyl groups excluding tert-OH is 1. The fourth-order valence-corrected chi connectivity index (χ4v) is 3.73. The van der Waals surface area contributed by atoms with Crippen LogP contribution in [0.1, 0.15) is 27.4 Å². The van der Waals surface area contributed by atoms with Crippen LogP contribution >= 0.6 is 0 Å². The molecular weight excluding hydrogens is 316 g/mol. The highest BCUT2D eigenvalue weighted by Gasteiger charge is 2.43. The van der Waals surface area contributed by atoms with E-state index in [1.165, 1.54) is 7.11 Å². The Kier molecular flexibility index (Phi) is 2.49. The van der Waals surface area contributed by atoms with Crippen molar-refractivity contribution in [2.24, 2.45) is 0 Å². The molecule has 3 aliphatic rings. The lowest BCUT2D eigenvalue weighted by molar-refractivity contribution is -0.00485. The molecule has 24 heavy (non-hydrogen) atoms. The second-order valence-electron chi connectivity index (χ2n) is 6.00. The Balaban J connectivity index is 1.93. The third-order valence-electron chi connectivity index (χ3n) is 4.78. The number of carbonyl (C=O) groups excluding carboxylic acids is 1. The molecule has 0 unspecified atom stereocenters. The maximum absolute atomic E-state index is 12.3.